The summed E-state index contributed by atoms with van der Waals surface area (Å²) in [5.41, 5.74) is 1.03. The maximum Gasteiger partial charge on any atom is 0.120 e. The van der Waals surface area contributed by atoms with Crippen molar-refractivity contribution in [2.75, 3.05) is 0 Å². The molecule has 2 fully saturated rings. The highest BCUT2D eigenvalue weighted by Gasteiger charge is 2.54. The second-order valence-electron chi connectivity index (χ2n) is 6.37. The molecule has 0 heterocycles. The van der Waals surface area contributed by atoms with Crippen LogP contribution in [-0.4, -0.2) is 11.2 Å². The first-order valence-corrected chi connectivity index (χ1v) is 7.61. The predicted octanol–water partition coefficient (Wildman–Crippen LogP) is 3.94. The zero-order valence-electron chi connectivity index (χ0n) is 11.9. The topological polar surface area (TPSA) is 29.5 Å². The van der Waals surface area contributed by atoms with E-state index in [1.54, 1.807) is 0 Å². The summed E-state index contributed by atoms with van der Waals surface area (Å²) >= 11 is 0. The van der Waals surface area contributed by atoms with Crippen molar-refractivity contribution >= 4 is 0 Å². The maximum atomic E-state index is 10.6. The van der Waals surface area contributed by atoms with E-state index in [1.165, 1.54) is 25.7 Å². The highest BCUT2D eigenvalue weighted by atomic mass is 16.5. The molecule has 1 N–H and O–H groups in total. The Morgan fingerprint density at radius 2 is 1.84 bits per heavy atom. The highest BCUT2D eigenvalue weighted by molar-refractivity contribution is 5.31. The van der Waals surface area contributed by atoms with E-state index in [1.807, 2.05) is 38.1 Å². The molecule has 0 radical (unpaired) electrons. The van der Waals surface area contributed by atoms with E-state index >= 15 is 0 Å². The van der Waals surface area contributed by atoms with Crippen LogP contribution in [0.5, 0.6) is 5.75 Å². The highest BCUT2D eigenvalue weighted by Crippen LogP contribution is 2.60. The largest absolute Gasteiger partial charge is 0.491 e. The first kappa shape index (κ1) is 13.0. The fourth-order valence-corrected chi connectivity index (χ4v) is 3.78. The molecule has 2 heteroatoms. The van der Waals surface area contributed by atoms with E-state index in [2.05, 4.69) is 0 Å². The van der Waals surface area contributed by atoms with Crippen LogP contribution < -0.4 is 4.74 Å². The maximum absolute atomic E-state index is 10.6. The molecule has 3 rings (SSSR count). The number of hydrogen-bond acceptors (Lipinski definition) is 2. The molecule has 0 amide bonds. The summed E-state index contributed by atoms with van der Waals surface area (Å²) in [6, 6.07) is 8.00. The Morgan fingerprint density at radius 1 is 1.16 bits per heavy atom. The van der Waals surface area contributed by atoms with Crippen LogP contribution in [0, 0.1) is 17.8 Å². The summed E-state index contributed by atoms with van der Waals surface area (Å²) in [4.78, 5) is 0. The summed E-state index contributed by atoms with van der Waals surface area (Å²) in [6.07, 6.45) is 5.20. The second kappa shape index (κ2) is 5.16. The van der Waals surface area contributed by atoms with Crippen molar-refractivity contribution in [1.29, 1.82) is 0 Å². The van der Waals surface area contributed by atoms with Crippen LogP contribution in [0.1, 0.15) is 51.2 Å². The molecule has 1 aromatic carbocycles. The monoisotopic (exact) mass is 260 g/mol. The minimum atomic E-state index is -0.302. The third-order valence-electron chi connectivity index (χ3n) is 4.66. The average molecular weight is 260 g/mol. The van der Waals surface area contributed by atoms with Crippen LogP contribution in [0.4, 0.5) is 0 Å². The predicted molar refractivity (Wildman–Crippen MR) is 76.1 cm³/mol. The lowest BCUT2D eigenvalue weighted by molar-refractivity contribution is 0.141. The summed E-state index contributed by atoms with van der Waals surface area (Å²) in [7, 11) is 0. The molecule has 0 aliphatic heterocycles. The van der Waals surface area contributed by atoms with Gasteiger partial charge in [-0.25, -0.2) is 0 Å². The van der Waals surface area contributed by atoms with Crippen molar-refractivity contribution in [2.24, 2.45) is 17.8 Å². The SMILES string of the molecule is CC(C)Oc1cccc(C(O)C2C3CCCCC32)c1. The van der Waals surface area contributed by atoms with Crippen molar-refractivity contribution in [3.8, 4) is 5.75 Å². The minimum absolute atomic E-state index is 0.177. The number of ether oxygens (including phenoxy) is 1. The average Bonchev–Trinajstić information content (AvgIpc) is 3.11. The Morgan fingerprint density at radius 3 is 2.47 bits per heavy atom. The molecule has 0 spiro atoms. The Labute approximate surface area is 115 Å². The minimum Gasteiger partial charge on any atom is -0.491 e. The van der Waals surface area contributed by atoms with E-state index in [4.69, 9.17) is 4.74 Å². The lowest BCUT2D eigenvalue weighted by Gasteiger charge is -2.14. The third kappa shape index (κ3) is 2.64. The van der Waals surface area contributed by atoms with Crippen molar-refractivity contribution < 1.29 is 9.84 Å². The standard InChI is InChI=1S/C17H24O2/c1-11(2)19-13-7-5-6-12(10-13)17(18)16-14-8-3-4-9-15(14)16/h5-7,10-11,14-18H,3-4,8-9H2,1-2H3. The Hall–Kier alpha value is -1.02. The van der Waals surface area contributed by atoms with E-state index in [9.17, 15) is 5.11 Å². The molecule has 2 saturated carbocycles. The van der Waals surface area contributed by atoms with Gasteiger partial charge in [-0.3, -0.25) is 0 Å². The Kier molecular flexibility index (Phi) is 3.53. The molecule has 3 unspecified atom stereocenters. The number of aliphatic hydroxyl groups excluding tert-OH is 1. The van der Waals surface area contributed by atoms with Crippen LogP contribution >= 0.6 is 0 Å². The van der Waals surface area contributed by atoms with Gasteiger partial charge in [0.05, 0.1) is 12.2 Å². The van der Waals surface area contributed by atoms with Gasteiger partial charge < -0.3 is 9.84 Å². The van der Waals surface area contributed by atoms with Gasteiger partial charge in [-0.15, -0.1) is 0 Å². The molecule has 2 aliphatic rings. The molecule has 1 aromatic rings. The number of aliphatic hydroxyl groups is 1. The van der Waals surface area contributed by atoms with Gasteiger partial charge in [-0.1, -0.05) is 25.0 Å². The van der Waals surface area contributed by atoms with Gasteiger partial charge in [0, 0.05) is 0 Å². The molecule has 2 nitrogen and oxygen atoms in total. The van der Waals surface area contributed by atoms with E-state index in [-0.39, 0.29) is 12.2 Å². The summed E-state index contributed by atoms with van der Waals surface area (Å²) in [5, 5.41) is 10.6. The third-order valence-corrected chi connectivity index (χ3v) is 4.66. The number of hydrogen-bond donors (Lipinski definition) is 1. The fourth-order valence-electron chi connectivity index (χ4n) is 3.78. The molecular formula is C17H24O2. The van der Waals surface area contributed by atoms with Crippen LogP contribution in [0.15, 0.2) is 24.3 Å². The summed E-state index contributed by atoms with van der Waals surface area (Å²) < 4.78 is 5.71. The molecular weight excluding hydrogens is 236 g/mol. The molecule has 2 aliphatic carbocycles. The van der Waals surface area contributed by atoms with Crippen LogP contribution in [0.2, 0.25) is 0 Å². The summed E-state index contributed by atoms with van der Waals surface area (Å²) in [6.45, 7) is 4.05. The zero-order valence-corrected chi connectivity index (χ0v) is 11.9. The van der Waals surface area contributed by atoms with Crippen molar-refractivity contribution in [1.82, 2.24) is 0 Å². The first-order chi connectivity index (χ1) is 9.16. The molecule has 0 saturated heterocycles. The number of benzene rings is 1. The molecule has 104 valence electrons. The van der Waals surface area contributed by atoms with Gasteiger partial charge in [0.1, 0.15) is 5.75 Å². The van der Waals surface area contributed by atoms with Gasteiger partial charge in [-0.05, 0) is 62.1 Å². The van der Waals surface area contributed by atoms with Crippen LogP contribution in [0.25, 0.3) is 0 Å². The zero-order chi connectivity index (χ0) is 13.4. The van der Waals surface area contributed by atoms with Crippen LogP contribution in [-0.2, 0) is 0 Å². The van der Waals surface area contributed by atoms with Crippen LogP contribution in [0.3, 0.4) is 0 Å². The quantitative estimate of drug-likeness (QED) is 0.888. The summed E-state index contributed by atoms with van der Waals surface area (Å²) in [5.74, 6) is 2.92. The lowest BCUT2D eigenvalue weighted by atomic mass is 10.0. The molecule has 0 aromatic heterocycles. The number of fused-ring (bicyclic) bond motifs is 1. The van der Waals surface area contributed by atoms with Crippen molar-refractivity contribution in [3.05, 3.63) is 29.8 Å². The number of rotatable bonds is 4. The molecule has 3 atom stereocenters. The van der Waals surface area contributed by atoms with Crippen molar-refractivity contribution in [2.45, 2.75) is 51.7 Å². The second-order valence-corrected chi connectivity index (χ2v) is 6.37. The molecule has 0 bridgehead atoms. The first-order valence-electron chi connectivity index (χ1n) is 7.61. The lowest BCUT2D eigenvalue weighted by Crippen LogP contribution is -2.07. The Balaban J connectivity index is 1.71. The van der Waals surface area contributed by atoms with Gasteiger partial charge in [0.2, 0.25) is 0 Å². The smallest absolute Gasteiger partial charge is 0.120 e. The van der Waals surface area contributed by atoms with E-state index < -0.39 is 0 Å². The van der Waals surface area contributed by atoms with E-state index in [0.29, 0.717) is 5.92 Å². The normalized spacial score (nSPS) is 30.8. The van der Waals surface area contributed by atoms with Gasteiger partial charge in [0.25, 0.3) is 0 Å². The van der Waals surface area contributed by atoms with Crippen molar-refractivity contribution in [3.63, 3.8) is 0 Å². The van der Waals surface area contributed by atoms with E-state index in [0.717, 1.165) is 23.1 Å². The fraction of sp³-hybridized carbons (Fsp3) is 0.647. The Bertz CT molecular complexity index is 429. The van der Waals surface area contributed by atoms with Gasteiger partial charge in [-0.2, -0.15) is 0 Å². The molecule has 19 heavy (non-hydrogen) atoms. The van der Waals surface area contributed by atoms with Gasteiger partial charge >= 0.3 is 0 Å². The van der Waals surface area contributed by atoms with Gasteiger partial charge in [0.15, 0.2) is 0 Å².